The number of benzene rings is 2. The molecular weight excluding hydrogens is 324 g/mol. The number of nitrogens with one attached hydrogen (secondary N) is 2. The van der Waals surface area contributed by atoms with Crippen molar-refractivity contribution in [1.82, 2.24) is 9.97 Å². The molecule has 5 heteroatoms. The van der Waals surface area contributed by atoms with Crippen LogP contribution in [0, 0.1) is 13.8 Å². The van der Waals surface area contributed by atoms with E-state index in [1.165, 1.54) is 17.3 Å². The molecule has 0 radical (unpaired) electrons. The van der Waals surface area contributed by atoms with Gasteiger partial charge in [-0.05, 0) is 49.6 Å². The van der Waals surface area contributed by atoms with Crippen molar-refractivity contribution in [2.45, 2.75) is 27.2 Å². The third-order valence-electron chi connectivity index (χ3n) is 4.15. The van der Waals surface area contributed by atoms with Crippen molar-refractivity contribution >= 4 is 23.1 Å². The first-order chi connectivity index (χ1) is 12.5. The van der Waals surface area contributed by atoms with Gasteiger partial charge in [-0.2, -0.15) is 0 Å². The first kappa shape index (κ1) is 17.6. The number of anilines is 3. The van der Waals surface area contributed by atoms with Crippen molar-refractivity contribution in [3.63, 3.8) is 0 Å². The Morgan fingerprint density at radius 2 is 1.77 bits per heavy atom. The Labute approximate surface area is 153 Å². The van der Waals surface area contributed by atoms with Gasteiger partial charge in [0.25, 0.3) is 5.91 Å². The standard InChI is InChI=1S/C21H22N4O/c1-4-16-6-8-17(9-7-16)24-21(26)19-12-23-20(13-22-19)25-18-10-5-14(2)11-15(18)3/h5-13H,4H2,1-3H3,(H,23,25)(H,24,26). The lowest BCUT2D eigenvalue weighted by Gasteiger charge is -2.10. The molecule has 0 unspecified atom stereocenters. The zero-order valence-corrected chi connectivity index (χ0v) is 15.2. The molecule has 0 saturated carbocycles. The topological polar surface area (TPSA) is 66.9 Å². The van der Waals surface area contributed by atoms with Gasteiger partial charge in [0.15, 0.2) is 0 Å². The summed E-state index contributed by atoms with van der Waals surface area (Å²) in [6, 6.07) is 13.9. The molecule has 2 N–H and O–H groups in total. The van der Waals surface area contributed by atoms with Crippen LogP contribution in [0.15, 0.2) is 54.9 Å². The van der Waals surface area contributed by atoms with Gasteiger partial charge >= 0.3 is 0 Å². The molecule has 1 amide bonds. The lowest BCUT2D eigenvalue weighted by atomic mass is 10.1. The molecule has 2 aromatic carbocycles. The number of nitrogens with zero attached hydrogens (tertiary/aromatic N) is 2. The van der Waals surface area contributed by atoms with E-state index in [1.807, 2.05) is 43.3 Å². The molecule has 26 heavy (non-hydrogen) atoms. The lowest BCUT2D eigenvalue weighted by molar-refractivity contribution is 0.102. The van der Waals surface area contributed by atoms with E-state index < -0.39 is 0 Å². The summed E-state index contributed by atoms with van der Waals surface area (Å²) in [4.78, 5) is 20.8. The first-order valence-corrected chi connectivity index (χ1v) is 8.62. The van der Waals surface area contributed by atoms with Crippen LogP contribution in [0.2, 0.25) is 0 Å². The third-order valence-corrected chi connectivity index (χ3v) is 4.15. The number of rotatable bonds is 5. The second kappa shape index (κ2) is 7.78. The van der Waals surface area contributed by atoms with E-state index in [4.69, 9.17) is 0 Å². The molecule has 3 rings (SSSR count). The Morgan fingerprint density at radius 3 is 2.38 bits per heavy atom. The van der Waals surface area contributed by atoms with Crippen LogP contribution in [0.1, 0.15) is 34.1 Å². The molecule has 0 aliphatic heterocycles. The van der Waals surface area contributed by atoms with Crippen LogP contribution in [0.25, 0.3) is 0 Å². The van der Waals surface area contributed by atoms with E-state index in [0.717, 1.165) is 23.4 Å². The van der Waals surface area contributed by atoms with Crippen LogP contribution in [-0.2, 0) is 6.42 Å². The average molecular weight is 346 g/mol. The van der Waals surface area contributed by atoms with Gasteiger partial charge in [0, 0.05) is 11.4 Å². The van der Waals surface area contributed by atoms with E-state index in [-0.39, 0.29) is 11.6 Å². The Bertz CT molecular complexity index is 902. The number of carbonyl (C=O) groups is 1. The minimum atomic E-state index is -0.278. The highest BCUT2D eigenvalue weighted by Gasteiger charge is 2.09. The van der Waals surface area contributed by atoms with Gasteiger partial charge in [-0.3, -0.25) is 4.79 Å². The van der Waals surface area contributed by atoms with Crippen molar-refractivity contribution in [3.05, 3.63) is 77.2 Å². The van der Waals surface area contributed by atoms with Gasteiger partial charge in [-0.25, -0.2) is 9.97 Å². The normalized spacial score (nSPS) is 10.4. The predicted molar refractivity (Wildman–Crippen MR) is 105 cm³/mol. The van der Waals surface area contributed by atoms with Gasteiger partial charge < -0.3 is 10.6 Å². The maximum absolute atomic E-state index is 12.3. The minimum Gasteiger partial charge on any atom is -0.339 e. The van der Waals surface area contributed by atoms with E-state index in [9.17, 15) is 4.79 Å². The number of hydrogen-bond acceptors (Lipinski definition) is 4. The molecule has 0 saturated heterocycles. The van der Waals surface area contributed by atoms with E-state index in [0.29, 0.717) is 5.82 Å². The Morgan fingerprint density at radius 1 is 1.00 bits per heavy atom. The highest BCUT2D eigenvalue weighted by molar-refractivity contribution is 6.02. The Balaban J connectivity index is 1.67. The number of aromatic nitrogens is 2. The van der Waals surface area contributed by atoms with Crippen molar-refractivity contribution in [2.24, 2.45) is 0 Å². The van der Waals surface area contributed by atoms with Crippen molar-refractivity contribution in [1.29, 1.82) is 0 Å². The summed E-state index contributed by atoms with van der Waals surface area (Å²) >= 11 is 0. The van der Waals surface area contributed by atoms with Gasteiger partial charge in [0.2, 0.25) is 0 Å². The zero-order valence-electron chi connectivity index (χ0n) is 15.2. The highest BCUT2D eigenvalue weighted by Crippen LogP contribution is 2.20. The zero-order chi connectivity index (χ0) is 18.5. The van der Waals surface area contributed by atoms with Crippen molar-refractivity contribution in [3.8, 4) is 0 Å². The summed E-state index contributed by atoms with van der Waals surface area (Å²) < 4.78 is 0. The lowest BCUT2D eigenvalue weighted by Crippen LogP contribution is -2.14. The quantitative estimate of drug-likeness (QED) is 0.705. The first-order valence-electron chi connectivity index (χ1n) is 8.62. The fraction of sp³-hybridized carbons (Fsp3) is 0.190. The molecule has 1 heterocycles. The number of aryl methyl sites for hydroxylation is 3. The van der Waals surface area contributed by atoms with Crippen LogP contribution in [0.3, 0.4) is 0 Å². The molecule has 0 aliphatic rings. The molecule has 0 spiro atoms. The fourth-order valence-corrected chi connectivity index (χ4v) is 2.62. The van der Waals surface area contributed by atoms with Crippen molar-refractivity contribution in [2.75, 3.05) is 10.6 Å². The summed E-state index contributed by atoms with van der Waals surface area (Å²) in [6.45, 7) is 6.19. The summed E-state index contributed by atoms with van der Waals surface area (Å²) in [7, 11) is 0. The number of carbonyl (C=O) groups excluding carboxylic acids is 1. The Hall–Kier alpha value is -3.21. The fourth-order valence-electron chi connectivity index (χ4n) is 2.62. The maximum atomic E-state index is 12.3. The number of amides is 1. The van der Waals surface area contributed by atoms with Crippen molar-refractivity contribution < 1.29 is 4.79 Å². The molecular formula is C21H22N4O. The minimum absolute atomic E-state index is 0.274. The van der Waals surface area contributed by atoms with E-state index in [2.05, 4.69) is 40.5 Å². The SMILES string of the molecule is CCc1ccc(NC(=O)c2cnc(Nc3ccc(C)cc3C)cn2)cc1. The molecule has 0 atom stereocenters. The molecule has 5 nitrogen and oxygen atoms in total. The second-order valence-corrected chi connectivity index (χ2v) is 6.23. The van der Waals surface area contributed by atoms with E-state index in [1.54, 1.807) is 6.20 Å². The van der Waals surface area contributed by atoms with Crippen LogP contribution >= 0.6 is 0 Å². The van der Waals surface area contributed by atoms with Crippen LogP contribution < -0.4 is 10.6 Å². The highest BCUT2D eigenvalue weighted by atomic mass is 16.1. The van der Waals surface area contributed by atoms with Gasteiger partial charge in [-0.15, -0.1) is 0 Å². The monoisotopic (exact) mass is 346 g/mol. The molecule has 0 fully saturated rings. The molecule has 132 valence electrons. The summed E-state index contributed by atoms with van der Waals surface area (Å²) in [5.41, 5.74) is 5.55. The van der Waals surface area contributed by atoms with Gasteiger partial charge in [-0.1, -0.05) is 36.8 Å². The van der Waals surface area contributed by atoms with Gasteiger partial charge in [0.05, 0.1) is 12.4 Å². The summed E-state index contributed by atoms with van der Waals surface area (Å²) in [5.74, 6) is 0.320. The maximum Gasteiger partial charge on any atom is 0.275 e. The average Bonchev–Trinajstić information content (AvgIpc) is 2.65. The van der Waals surface area contributed by atoms with Gasteiger partial charge in [0.1, 0.15) is 11.5 Å². The van der Waals surface area contributed by atoms with Crippen LogP contribution in [0.4, 0.5) is 17.2 Å². The Kier molecular flexibility index (Phi) is 5.27. The molecule has 3 aromatic rings. The number of hydrogen-bond donors (Lipinski definition) is 2. The molecule has 0 aliphatic carbocycles. The summed E-state index contributed by atoms with van der Waals surface area (Å²) in [6.07, 6.45) is 4.00. The molecule has 0 bridgehead atoms. The predicted octanol–water partition coefficient (Wildman–Crippen LogP) is 4.65. The largest absolute Gasteiger partial charge is 0.339 e. The van der Waals surface area contributed by atoms with Crippen LogP contribution in [-0.4, -0.2) is 15.9 Å². The smallest absolute Gasteiger partial charge is 0.275 e. The summed E-state index contributed by atoms with van der Waals surface area (Å²) in [5, 5.41) is 6.05. The van der Waals surface area contributed by atoms with E-state index >= 15 is 0 Å². The van der Waals surface area contributed by atoms with Crippen LogP contribution in [0.5, 0.6) is 0 Å². The third kappa shape index (κ3) is 4.25. The second-order valence-electron chi connectivity index (χ2n) is 6.23. The molecule has 1 aromatic heterocycles.